The molecule has 1 heteroatoms. The lowest BCUT2D eigenvalue weighted by Crippen LogP contribution is -2.38. The molecule has 1 unspecified atom stereocenters. The van der Waals surface area contributed by atoms with E-state index in [1.165, 1.54) is 57.9 Å². The molecule has 1 atom stereocenters. The molecule has 1 saturated heterocycles. The molecule has 0 N–H and O–H groups in total. The van der Waals surface area contributed by atoms with Crippen molar-refractivity contribution in [1.29, 1.82) is 0 Å². The van der Waals surface area contributed by atoms with E-state index < -0.39 is 0 Å². The first-order valence-electron chi connectivity index (χ1n) is 7.75. The van der Waals surface area contributed by atoms with Crippen LogP contribution in [-0.4, -0.2) is 24.0 Å². The van der Waals surface area contributed by atoms with Gasteiger partial charge in [0, 0.05) is 24.9 Å². The van der Waals surface area contributed by atoms with E-state index in [1.54, 1.807) is 0 Å². The van der Waals surface area contributed by atoms with E-state index >= 15 is 0 Å². The van der Waals surface area contributed by atoms with Crippen molar-refractivity contribution in [3.8, 4) is 11.8 Å². The topological polar surface area (TPSA) is 3.24 Å². The summed E-state index contributed by atoms with van der Waals surface area (Å²) in [5.74, 6) is 7.62. The summed E-state index contributed by atoms with van der Waals surface area (Å²) in [5.41, 5.74) is 0. The Morgan fingerprint density at radius 1 is 1.06 bits per heavy atom. The average Bonchev–Trinajstić information content (AvgIpc) is 2.45. The molecule has 2 fully saturated rings. The Bertz CT molecular complexity index is 303. The number of rotatable bonds is 3. The van der Waals surface area contributed by atoms with Gasteiger partial charge in [-0.25, -0.2) is 0 Å². The molecule has 0 amide bonds. The Morgan fingerprint density at radius 2 is 1.83 bits per heavy atom. The second-order valence-electron chi connectivity index (χ2n) is 5.74. The number of nitrogens with zero attached hydrogens (tertiary/aromatic N) is 1. The number of piperidine rings is 1. The zero-order valence-corrected chi connectivity index (χ0v) is 11.7. The van der Waals surface area contributed by atoms with Crippen LogP contribution in [0, 0.1) is 17.8 Å². The number of hydrogen-bond donors (Lipinski definition) is 0. The molecule has 0 bridgehead atoms. The Kier molecular flexibility index (Phi) is 5.81. The second kappa shape index (κ2) is 7.64. The summed E-state index contributed by atoms with van der Waals surface area (Å²) < 4.78 is 0. The highest BCUT2D eigenvalue weighted by atomic mass is 15.2. The summed E-state index contributed by atoms with van der Waals surface area (Å²) in [6.45, 7) is 6.33. The van der Waals surface area contributed by atoms with E-state index in [1.807, 2.05) is 0 Å². The molecule has 100 valence electrons. The normalized spacial score (nSPS) is 26.3. The molecule has 0 aromatic carbocycles. The minimum atomic E-state index is 0.607. The number of hydrogen-bond acceptors (Lipinski definition) is 1. The van der Waals surface area contributed by atoms with E-state index in [-0.39, 0.29) is 0 Å². The summed E-state index contributed by atoms with van der Waals surface area (Å²) in [5, 5.41) is 0. The van der Waals surface area contributed by atoms with Crippen molar-refractivity contribution < 1.29 is 0 Å². The van der Waals surface area contributed by atoms with Gasteiger partial charge in [0.2, 0.25) is 0 Å². The summed E-state index contributed by atoms with van der Waals surface area (Å²) >= 11 is 0. The Hall–Kier alpha value is -0.740. The van der Waals surface area contributed by atoms with E-state index in [0.29, 0.717) is 12.0 Å². The maximum absolute atomic E-state index is 3.96. The third-order valence-corrected chi connectivity index (χ3v) is 4.37. The lowest BCUT2D eigenvalue weighted by Gasteiger charge is -2.33. The maximum atomic E-state index is 3.96. The van der Waals surface area contributed by atoms with Crippen LogP contribution >= 0.6 is 0 Å². The van der Waals surface area contributed by atoms with E-state index in [0.717, 1.165) is 13.0 Å². The summed E-state index contributed by atoms with van der Waals surface area (Å²) in [6.07, 6.45) is 14.1. The quantitative estimate of drug-likeness (QED) is 0.536. The lowest BCUT2D eigenvalue weighted by atomic mass is 9.90. The smallest absolute Gasteiger partial charge is 0.0275 e. The van der Waals surface area contributed by atoms with Crippen molar-refractivity contribution >= 4 is 0 Å². The van der Waals surface area contributed by atoms with E-state index in [2.05, 4.69) is 29.4 Å². The molecule has 1 aliphatic carbocycles. The van der Waals surface area contributed by atoms with Gasteiger partial charge in [0.05, 0.1) is 0 Å². The molecule has 18 heavy (non-hydrogen) atoms. The molecule has 1 heterocycles. The van der Waals surface area contributed by atoms with Crippen molar-refractivity contribution in [2.24, 2.45) is 5.92 Å². The minimum Gasteiger partial charge on any atom is -0.296 e. The Balaban J connectivity index is 1.70. The highest BCUT2D eigenvalue weighted by Gasteiger charge is 2.18. The van der Waals surface area contributed by atoms with Crippen LogP contribution < -0.4 is 0 Å². The van der Waals surface area contributed by atoms with Crippen LogP contribution in [0.3, 0.4) is 0 Å². The third kappa shape index (κ3) is 4.18. The van der Waals surface area contributed by atoms with Crippen LogP contribution in [0.4, 0.5) is 0 Å². The predicted molar refractivity (Wildman–Crippen MR) is 78.4 cm³/mol. The van der Waals surface area contributed by atoms with Crippen molar-refractivity contribution in [3.05, 3.63) is 12.7 Å². The fourth-order valence-corrected chi connectivity index (χ4v) is 3.22. The molecule has 1 aliphatic heterocycles. The van der Waals surface area contributed by atoms with E-state index in [4.69, 9.17) is 0 Å². The van der Waals surface area contributed by atoms with Crippen LogP contribution in [-0.2, 0) is 0 Å². The van der Waals surface area contributed by atoms with Crippen molar-refractivity contribution in [2.75, 3.05) is 13.1 Å². The summed E-state index contributed by atoms with van der Waals surface area (Å²) in [7, 11) is 0. The van der Waals surface area contributed by atoms with Crippen LogP contribution in [0.1, 0.15) is 57.8 Å². The van der Waals surface area contributed by atoms with Crippen molar-refractivity contribution in [3.63, 3.8) is 0 Å². The average molecular weight is 245 g/mol. The second-order valence-corrected chi connectivity index (χ2v) is 5.74. The van der Waals surface area contributed by atoms with Gasteiger partial charge in [-0.1, -0.05) is 37.7 Å². The minimum absolute atomic E-state index is 0.607. The van der Waals surface area contributed by atoms with Gasteiger partial charge in [0.15, 0.2) is 0 Å². The van der Waals surface area contributed by atoms with Crippen LogP contribution in [0.2, 0.25) is 0 Å². The van der Waals surface area contributed by atoms with Gasteiger partial charge < -0.3 is 0 Å². The monoisotopic (exact) mass is 245 g/mol. The van der Waals surface area contributed by atoms with Crippen LogP contribution in [0.15, 0.2) is 12.7 Å². The molecule has 1 nitrogen and oxygen atoms in total. The molecule has 0 aromatic rings. The highest BCUT2D eigenvalue weighted by Crippen LogP contribution is 2.22. The molecule has 1 saturated carbocycles. The SMILES string of the molecule is C=CC1CCCCN1CCC#CC1CCCCC1. The predicted octanol–water partition coefficient (Wildman–Crippen LogP) is 4.00. The molecule has 2 aliphatic rings. The highest BCUT2D eigenvalue weighted by molar-refractivity contribution is 5.05. The van der Waals surface area contributed by atoms with Crippen molar-refractivity contribution in [2.45, 2.75) is 63.8 Å². The molecule has 0 radical (unpaired) electrons. The molecular formula is C17H27N. The molecular weight excluding hydrogens is 218 g/mol. The zero-order chi connectivity index (χ0) is 12.6. The fraction of sp³-hybridized carbons (Fsp3) is 0.765. The molecule has 0 spiro atoms. The first-order chi connectivity index (χ1) is 8.90. The maximum Gasteiger partial charge on any atom is 0.0275 e. The van der Waals surface area contributed by atoms with Gasteiger partial charge >= 0.3 is 0 Å². The Morgan fingerprint density at radius 3 is 2.61 bits per heavy atom. The molecule has 2 rings (SSSR count). The molecule has 0 aromatic heterocycles. The van der Waals surface area contributed by atoms with Gasteiger partial charge in [-0.3, -0.25) is 4.90 Å². The zero-order valence-electron chi connectivity index (χ0n) is 11.7. The van der Waals surface area contributed by atoms with Gasteiger partial charge in [0.25, 0.3) is 0 Å². The first-order valence-corrected chi connectivity index (χ1v) is 7.75. The van der Waals surface area contributed by atoms with Gasteiger partial charge in [0.1, 0.15) is 0 Å². The van der Waals surface area contributed by atoms with Crippen LogP contribution in [0.25, 0.3) is 0 Å². The largest absolute Gasteiger partial charge is 0.296 e. The third-order valence-electron chi connectivity index (χ3n) is 4.37. The van der Waals surface area contributed by atoms with E-state index in [9.17, 15) is 0 Å². The van der Waals surface area contributed by atoms with Gasteiger partial charge in [-0.15, -0.1) is 12.5 Å². The van der Waals surface area contributed by atoms with Crippen LogP contribution in [0.5, 0.6) is 0 Å². The van der Waals surface area contributed by atoms with Crippen molar-refractivity contribution in [1.82, 2.24) is 4.90 Å². The number of likely N-dealkylation sites (tertiary alicyclic amines) is 1. The standard InChI is InChI=1S/C17H27N/c1-2-17-13-7-9-15-18(17)14-8-6-12-16-10-4-3-5-11-16/h2,16-17H,1,3-5,7-11,13-15H2. The van der Waals surface area contributed by atoms with Gasteiger partial charge in [-0.2, -0.15) is 0 Å². The Labute approximate surface area is 113 Å². The van der Waals surface area contributed by atoms with Gasteiger partial charge in [-0.05, 0) is 32.2 Å². The summed E-state index contributed by atoms with van der Waals surface area (Å²) in [6, 6.07) is 0.607. The fourth-order valence-electron chi connectivity index (χ4n) is 3.22. The first kappa shape index (κ1) is 13.7. The lowest BCUT2D eigenvalue weighted by molar-refractivity contribution is 0.184. The summed E-state index contributed by atoms with van der Waals surface area (Å²) in [4.78, 5) is 2.56.